The molecule has 4 rings (SSSR count). The molecule has 0 atom stereocenters. The summed E-state index contributed by atoms with van der Waals surface area (Å²) in [6.45, 7) is 0.856. The van der Waals surface area contributed by atoms with Crippen LogP contribution in [0.1, 0.15) is 12.8 Å². The molecule has 2 aromatic heterocycles. The Morgan fingerprint density at radius 3 is 2.68 bits per heavy atom. The van der Waals surface area contributed by atoms with E-state index in [1.807, 2.05) is 18.2 Å². The van der Waals surface area contributed by atoms with Crippen molar-refractivity contribution in [2.45, 2.75) is 12.8 Å². The van der Waals surface area contributed by atoms with Crippen LogP contribution in [-0.2, 0) is 4.79 Å². The first-order chi connectivity index (χ1) is 15.0. The lowest BCUT2D eigenvalue weighted by Crippen LogP contribution is -2.43. The van der Waals surface area contributed by atoms with Crippen molar-refractivity contribution in [3.05, 3.63) is 47.6 Å². The minimum atomic E-state index is -0.282. The van der Waals surface area contributed by atoms with Gasteiger partial charge in [0.2, 0.25) is 11.0 Å². The third-order valence-corrected chi connectivity index (χ3v) is 5.99. The van der Waals surface area contributed by atoms with Gasteiger partial charge in [-0.25, -0.2) is 4.79 Å². The summed E-state index contributed by atoms with van der Waals surface area (Å²) in [5.41, 5.74) is 0.968. The highest BCUT2D eigenvalue weighted by atomic mass is 35.5. The number of aromatic nitrogens is 3. The topological polar surface area (TPSA) is 120 Å². The van der Waals surface area contributed by atoms with Crippen molar-refractivity contribution in [3.8, 4) is 16.5 Å². The summed E-state index contributed by atoms with van der Waals surface area (Å²) >= 11 is 7.16. The molecule has 1 aliphatic heterocycles. The lowest BCUT2D eigenvalue weighted by Gasteiger charge is -2.31. The Morgan fingerprint density at radius 2 is 1.94 bits per heavy atom. The standard InChI is InChI=1S/C20H19ClN6O3S/c21-13-4-5-16(28)15(11-13)23-17(29)12-6-9-27(10-7-12)20(30)24-19-26-25-18(31-19)14-3-1-2-8-22-14/h1-5,8,11-12,28H,6-7,9-10H2,(H,23,29)(H,24,26,30). The molecule has 1 aliphatic rings. The molecule has 0 unspecified atom stereocenters. The molecule has 3 aromatic rings. The van der Waals surface area contributed by atoms with Crippen LogP contribution in [0, 0.1) is 5.92 Å². The predicted octanol–water partition coefficient (Wildman–Crippen LogP) is 3.84. The molecule has 3 heterocycles. The zero-order chi connectivity index (χ0) is 21.8. The molecule has 0 radical (unpaired) electrons. The Bertz CT molecular complexity index is 1090. The van der Waals surface area contributed by atoms with Crippen molar-refractivity contribution in [3.63, 3.8) is 0 Å². The minimum absolute atomic E-state index is 0.0447. The zero-order valence-electron chi connectivity index (χ0n) is 16.3. The van der Waals surface area contributed by atoms with E-state index in [4.69, 9.17) is 11.6 Å². The average molecular weight is 459 g/mol. The lowest BCUT2D eigenvalue weighted by molar-refractivity contribution is -0.121. The smallest absolute Gasteiger partial charge is 0.323 e. The molecule has 3 N–H and O–H groups in total. The Hall–Kier alpha value is -3.24. The minimum Gasteiger partial charge on any atom is -0.506 e. The monoisotopic (exact) mass is 458 g/mol. The summed E-state index contributed by atoms with van der Waals surface area (Å²) in [5, 5.41) is 24.8. The van der Waals surface area contributed by atoms with Gasteiger partial charge in [-0.2, -0.15) is 0 Å². The van der Waals surface area contributed by atoms with Crippen LogP contribution in [0.4, 0.5) is 15.6 Å². The number of nitrogens with zero attached hydrogens (tertiary/aromatic N) is 4. The van der Waals surface area contributed by atoms with Crippen molar-refractivity contribution in [1.82, 2.24) is 20.1 Å². The quantitative estimate of drug-likeness (QED) is 0.511. The Kier molecular flexibility index (Phi) is 6.28. The molecule has 1 saturated heterocycles. The molecule has 0 aliphatic carbocycles. The van der Waals surface area contributed by atoms with E-state index in [9.17, 15) is 14.7 Å². The van der Waals surface area contributed by atoms with Crippen LogP contribution in [0.2, 0.25) is 5.02 Å². The van der Waals surface area contributed by atoms with E-state index in [1.54, 1.807) is 17.2 Å². The second kappa shape index (κ2) is 9.27. The van der Waals surface area contributed by atoms with Crippen molar-refractivity contribution < 1.29 is 14.7 Å². The number of anilines is 2. The second-order valence-electron chi connectivity index (χ2n) is 6.97. The van der Waals surface area contributed by atoms with E-state index < -0.39 is 0 Å². The van der Waals surface area contributed by atoms with Gasteiger partial charge in [-0.05, 0) is 43.2 Å². The SMILES string of the molecule is O=C(Nc1cc(Cl)ccc1O)C1CCN(C(=O)Nc2nnc(-c3ccccn3)s2)CC1. The number of piperidine rings is 1. The first-order valence-electron chi connectivity index (χ1n) is 9.60. The van der Waals surface area contributed by atoms with Gasteiger partial charge in [0.25, 0.3) is 0 Å². The van der Waals surface area contributed by atoms with Crippen LogP contribution >= 0.6 is 22.9 Å². The fourth-order valence-corrected chi connectivity index (χ4v) is 4.11. The first-order valence-corrected chi connectivity index (χ1v) is 10.8. The summed E-state index contributed by atoms with van der Waals surface area (Å²) in [7, 11) is 0. The fourth-order valence-electron chi connectivity index (χ4n) is 3.22. The van der Waals surface area contributed by atoms with Crippen molar-refractivity contribution in [2.75, 3.05) is 23.7 Å². The third kappa shape index (κ3) is 5.09. The molecule has 9 nitrogen and oxygen atoms in total. The van der Waals surface area contributed by atoms with E-state index in [2.05, 4.69) is 25.8 Å². The Balaban J connectivity index is 1.29. The van der Waals surface area contributed by atoms with E-state index in [0.717, 1.165) is 0 Å². The van der Waals surface area contributed by atoms with Crippen molar-refractivity contribution in [2.24, 2.45) is 5.92 Å². The summed E-state index contributed by atoms with van der Waals surface area (Å²) < 4.78 is 0. The maximum atomic E-state index is 12.6. The Morgan fingerprint density at radius 1 is 1.13 bits per heavy atom. The number of amides is 3. The number of hydrogen-bond acceptors (Lipinski definition) is 7. The van der Waals surface area contributed by atoms with Crippen molar-refractivity contribution in [1.29, 1.82) is 0 Å². The van der Waals surface area contributed by atoms with Gasteiger partial charge in [-0.15, -0.1) is 10.2 Å². The number of likely N-dealkylation sites (tertiary alicyclic amines) is 1. The van der Waals surface area contributed by atoms with Crippen LogP contribution in [0.15, 0.2) is 42.6 Å². The number of phenolic OH excluding ortho intramolecular Hbond substituents is 1. The van der Waals surface area contributed by atoms with Gasteiger partial charge in [0.05, 0.1) is 5.69 Å². The van der Waals surface area contributed by atoms with Crippen LogP contribution < -0.4 is 10.6 Å². The first kappa shape index (κ1) is 21.0. The van der Waals surface area contributed by atoms with Gasteiger partial charge < -0.3 is 15.3 Å². The molecular weight excluding hydrogens is 440 g/mol. The summed E-state index contributed by atoms with van der Waals surface area (Å²) in [4.78, 5) is 30.9. The second-order valence-corrected chi connectivity index (χ2v) is 8.38. The van der Waals surface area contributed by atoms with Crippen molar-refractivity contribution >= 4 is 45.7 Å². The molecule has 160 valence electrons. The van der Waals surface area contributed by atoms with E-state index >= 15 is 0 Å². The third-order valence-electron chi connectivity index (χ3n) is 4.89. The number of nitrogens with one attached hydrogen (secondary N) is 2. The van der Waals surface area contributed by atoms with Crippen LogP contribution in [0.5, 0.6) is 5.75 Å². The number of aromatic hydroxyl groups is 1. The predicted molar refractivity (Wildman–Crippen MR) is 118 cm³/mol. The number of carbonyl (C=O) groups is 2. The van der Waals surface area contributed by atoms with Crippen LogP contribution in [0.3, 0.4) is 0 Å². The van der Waals surface area contributed by atoms with Gasteiger partial charge in [-0.3, -0.25) is 15.1 Å². The number of pyridine rings is 1. The number of halogens is 1. The molecule has 1 aromatic carbocycles. The van der Waals surface area contributed by atoms with Gasteiger partial charge in [0.1, 0.15) is 11.4 Å². The normalized spacial score (nSPS) is 14.3. The van der Waals surface area contributed by atoms with Crippen LogP contribution in [0.25, 0.3) is 10.7 Å². The Labute approximate surface area is 187 Å². The number of hydrogen-bond donors (Lipinski definition) is 3. The summed E-state index contributed by atoms with van der Waals surface area (Å²) in [5.74, 6) is -0.516. The average Bonchev–Trinajstić information content (AvgIpc) is 3.25. The molecule has 0 bridgehead atoms. The van der Waals surface area contributed by atoms with Gasteiger partial charge in [0.15, 0.2) is 5.01 Å². The fraction of sp³-hybridized carbons (Fsp3) is 0.250. The maximum Gasteiger partial charge on any atom is 0.323 e. The molecular formula is C20H19ClN6O3S. The zero-order valence-corrected chi connectivity index (χ0v) is 17.9. The maximum absolute atomic E-state index is 12.6. The number of urea groups is 1. The van der Waals surface area contributed by atoms with Gasteiger partial charge >= 0.3 is 6.03 Å². The number of phenols is 1. The highest BCUT2D eigenvalue weighted by molar-refractivity contribution is 7.18. The molecule has 0 saturated carbocycles. The lowest BCUT2D eigenvalue weighted by atomic mass is 9.96. The molecule has 0 spiro atoms. The molecule has 1 fully saturated rings. The highest BCUT2D eigenvalue weighted by Gasteiger charge is 2.28. The van der Waals surface area contributed by atoms with Gasteiger partial charge in [0, 0.05) is 30.2 Å². The largest absolute Gasteiger partial charge is 0.506 e. The number of rotatable bonds is 4. The number of carbonyl (C=O) groups excluding carboxylic acids is 2. The number of benzene rings is 1. The molecule has 3 amide bonds. The summed E-state index contributed by atoms with van der Waals surface area (Å²) in [6, 6.07) is 9.68. The van der Waals surface area contributed by atoms with E-state index in [-0.39, 0.29) is 29.3 Å². The van der Waals surface area contributed by atoms with Crippen LogP contribution in [-0.4, -0.2) is 50.2 Å². The van der Waals surface area contributed by atoms with E-state index in [1.165, 1.54) is 23.5 Å². The highest BCUT2D eigenvalue weighted by Crippen LogP contribution is 2.29. The van der Waals surface area contributed by atoms with E-state index in [0.29, 0.717) is 46.8 Å². The summed E-state index contributed by atoms with van der Waals surface area (Å²) in [6.07, 6.45) is 2.69. The van der Waals surface area contributed by atoms with Gasteiger partial charge in [-0.1, -0.05) is 29.0 Å². The molecule has 31 heavy (non-hydrogen) atoms. The molecule has 11 heteroatoms.